The van der Waals surface area contributed by atoms with Crippen molar-refractivity contribution in [2.45, 2.75) is 44.9 Å². The molecule has 0 radical (unpaired) electrons. The maximum atomic E-state index is 12.7. The number of benzene rings is 1. The van der Waals surface area contributed by atoms with Crippen LogP contribution in [0.5, 0.6) is 0 Å². The quantitative estimate of drug-likeness (QED) is 0.761. The van der Waals surface area contributed by atoms with Crippen molar-refractivity contribution < 1.29 is 8.42 Å². The predicted molar refractivity (Wildman–Crippen MR) is 84.6 cm³/mol. The fourth-order valence-electron chi connectivity index (χ4n) is 2.02. The first-order chi connectivity index (χ1) is 9.57. The summed E-state index contributed by atoms with van der Waals surface area (Å²) in [5.41, 5.74) is 0.698. The van der Waals surface area contributed by atoms with Gasteiger partial charge in [0.15, 0.2) is 0 Å². The molecular weight excluding hydrogens is 272 g/mol. The minimum absolute atomic E-state index is 0.381. The van der Waals surface area contributed by atoms with Crippen LogP contribution < -0.4 is 5.32 Å². The topological polar surface area (TPSA) is 49.4 Å². The van der Waals surface area contributed by atoms with Gasteiger partial charge in [-0.05, 0) is 25.0 Å². The van der Waals surface area contributed by atoms with Crippen LogP contribution in [0.4, 0.5) is 5.69 Å². The first kappa shape index (κ1) is 17.0. The first-order valence-electron chi connectivity index (χ1n) is 7.40. The van der Waals surface area contributed by atoms with Gasteiger partial charge >= 0.3 is 0 Å². The van der Waals surface area contributed by atoms with E-state index in [0.29, 0.717) is 23.7 Å². The molecule has 1 N–H and O–H groups in total. The van der Waals surface area contributed by atoms with Gasteiger partial charge in [-0.2, -0.15) is 4.31 Å². The molecular formula is C15H26N2O2S. The van der Waals surface area contributed by atoms with Crippen LogP contribution in [-0.4, -0.2) is 32.4 Å². The van der Waals surface area contributed by atoms with Gasteiger partial charge in [-0.1, -0.05) is 39.3 Å². The van der Waals surface area contributed by atoms with Crippen molar-refractivity contribution in [2.24, 2.45) is 0 Å². The van der Waals surface area contributed by atoms with E-state index < -0.39 is 10.0 Å². The Labute approximate surface area is 123 Å². The smallest absolute Gasteiger partial charge is 0.245 e. The second-order valence-electron chi connectivity index (χ2n) is 4.77. The second kappa shape index (κ2) is 8.27. The molecule has 0 saturated carbocycles. The highest BCUT2D eigenvalue weighted by Gasteiger charge is 2.24. The maximum absolute atomic E-state index is 12.7. The van der Waals surface area contributed by atoms with Gasteiger partial charge in [0.25, 0.3) is 0 Å². The monoisotopic (exact) mass is 298 g/mol. The van der Waals surface area contributed by atoms with Crippen LogP contribution in [0.25, 0.3) is 0 Å². The first-order valence-corrected chi connectivity index (χ1v) is 8.84. The SMILES string of the molecule is CCCCN(CC)S(=O)(=O)c1ccccc1NCCC. The normalized spacial score (nSPS) is 11.8. The van der Waals surface area contributed by atoms with Gasteiger partial charge in [-0.25, -0.2) is 8.42 Å². The minimum Gasteiger partial charge on any atom is -0.384 e. The van der Waals surface area contributed by atoms with Gasteiger partial charge in [0.1, 0.15) is 4.90 Å². The summed E-state index contributed by atoms with van der Waals surface area (Å²) in [6.45, 7) is 7.87. The van der Waals surface area contributed by atoms with Crippen LogP contribution in [0.3, 0.4) is 0 Å². The van der Waals surface area contributed by atoms with E-state index in [1.807, 2.05) is 19.1 Å². The number of anilines is 1. The number of rotatable bonds is 9. The lowest BCUT2D eigenvalue weighted by atomic mass is 10.3. The number of nitrogens with zero attached hydrogens (tertiary/aromatic N) is 1. The van der Waals surface area contributed by atoms with Crippen LogP contribution in [0.1, 0.15) is 40.0 Å². The number of unbranched alkanes of at least 4 members (excludes halogenated alkanes) is 1. The van der Waals surface area contributed by atoms with Gasteiger partial charge in [0.05, 0.1) is 5.69 Å². The third-order valence-electron chi connectivity index (χ3n) is 3.18. The average molecular weight is 298 g/mol. The zero-order chi connectivity index (χ0) is 15.0. The molecule has 0 fully saturated rings. The Morgan fingerprint density at radius 3 is 2.40 bits per heavy atom. The van der Waals surface area contributed by atoms with E-state index in [4.69, 9.17) is 0 Å². The third kappa shape index (κ3) is 4.21. The van der Waals surface area contributed by atoms with Gasteiger partial charge in [-0.15, -0.1) is 0 Å². The van der Waals surface area contributed by atoms with Crippen LogP contribution >= 0.6 is 0 Å². The van der Waals surface area contributed by atoms with Crippen molar-refractivity contribution in [3.05, 3.63) is 24.3 Å². The predicted octanol–water partition coefficient (Wildman–Crippen LogP) is 3.32. The van der Waals surface area contributed by atoms with Crippen LogP contribution in [0, 0.1) is 0 Å². The zero-order valence-corrected chi connectivity index (χ0v) is 13.5. The summed E-state index contributed by atoms with van der Waals surface area (Å²) in [7, 11) is -3.41. The summed E-state index contributed by atoms with van der Waals surface area (Å²) >= 11 is 0. The van der Waals surface area contributed by atoms with Crippen LogP contribution in [-0.2, 0) is 10.0 Å². The summed E-state index contributed by atoms with van der Waals surface area (Å²) in [6, 6.07) is 7.15. The highest BCUT2D eigenvalue weighted by molar-refractivity contribution is 7.89. The van der Waals surface area contributed by atoms with Crippen LogP contribution in [0.2, 0.25) is 0 Å². The molecule has 0 spiro atoms. The van der Waals surface area contributed by atoms with E-state index in [0.717, 1.165) is 25.8 Å². The molecule has 0 saturated heterocycles. The fourth-order valence-corrected chi connectivity index (χ4v) is 3.68. The number of sulfonamides is 1. The van der Waals surface area contributed by atoms with Crippen LogP contribution in [0.15, 0.2) is 29.2 Å². The van der Waals surface area contributed by atoms with Crippen molar-refractivity contribution >= 4 is 15.7 Å². The van der Waals surface area contributed by atoms with Crippen molar-refractivity contribution in [3.8, 4) is 0 Å². The molecule has 0 amide bonds. The van der Waals surface area contributed by atoms with Gasteiger partial charge in [-0.3, -0.25) is 0 Å². The molecule has 0 unspecified atom stereocenters. The number of hydrogen-bond donors (Lipinski definition) is 1. The fraction of sp³-hybridized carbons (Fsp3) is 0.600. The van der Waals surface area contributed by atoms with Crippen molar-refractivity contribution in [1.82, 2.24) is 4.31 Å². The van der Waals surface area contributed by atoms with Crippen molar-refractivity contribution in [2.75, 3.05) is 25.0 Å². The Bertz CT molecular complexity index is 500. The lowest BCUT2D eigenvalue weighted by Gasteiger charge is -2.22. The average Bonchev–Trinajstić information content (AvgIpc) is 2.46. The van der Waals surface area contributed by atoms with E-state index in [1.165, 1.54) is 0 Å². The Kier molecular flexibility index (Phi) is 7.02. The largest absolute Gasteiger partial charge is 0.384 e. The summed E-state index contributed by atoms with van der Waals surface area (Å²) in [6.07, 6.45) is 2.83. The molecule has 5 heteroatoms. The molecule has 0 aliphatic carbocycles. The molecule has 1 aromatic carbocycles. The third-order valence-corrected chi connectivity index (χ3v) is 5.22. The summed E-state index contributed by atoms with van der Waals surface area (Å²) in [5.74, 6) is 0. The lowest BCUT2D eigenvalue weighted by Crippen LogP contribution is -2.32. The zero-order valence-electron chi connectivity index (χ0n) is 12.7. The summed E-state index contributed by atoms with van der Waals surface area (Å²) in [4.78, 5) is 0.381. The Hall–Kier alpha value is -1.07. The highest BCUT2D eigenvalue weighted by Crippen LogP contribution is 2.24. The molecule has 114 valence electrons. The lowest BCUT2D eigenvalue weighted by molar-refractivity contribution is 0.419. The molecule has 20 heavy (non-hydrogen) atoms. The number of para-hydroxylation sites is 1. The van der Waals surface area contributed by atoms with Gasteiger partial charge < -0.3 is 5.32 Å². The van der Waals surface area contributed by atoms with Crippen molar-refractivity contribution in [1.29, 1.82) is 0 Å². The Morgan fingerprint density at radius 2 is 1.80 bits per heavy atom. The minimum atomic E-state index is -3.41. The maximum Gasteiger partial charge on any atom is 0.245 e. The molecule has 4 nitrogen and oxygen atoms in total. The van der Waals surface area contributed by atoms with Gasteiger partial charge in [0.2, 0.25) is 10.0 Å². The molecule has 0 aliphatic heterocycles. The molecule has 0 heterocycles. The summed E-state index contributed by atoms with van der Waals surface area (Å²) < 4.78 is 27.0. The molecule has 0 bridgehead atoms. The molecule has 1 rings (SSSR count). The standard InChI is InChI=1S/C15H26N2O2S/c1-4-7-13-17(6-3)20(18,19)15-11-9-8-10-14(15)16-12-5-2/h8-11,16H,4-7,12-13H2,1-3H3. The molecule has 0 aromatic heterocycles. The number of hydrogen-bond acceptors (Lipinski definition) is 3. The molecule has 1 aromatic rings. The Morgan fingerprint density at radius 1 is 1.10 bits per heavy atom. The van der Waals surface area contributed by atoms with E-state index in [-0.39, 0.29) is 0 Å². The second-order valence-corrected chi connectivity index (χ2v) is 6.68. The van der Waals surface area contributed by atoms with Gasteiger partial charge in [0, 0.05) is 19.6 Å². The van der Waals surface area contributed by atoms with Crippen molar-refractivity contribution in [3.63, 3.8) is 0 Å². The Balaban J connectivity index is 3.06. The molecule has 0 atom stereocenters. The van der Waals surface area contributed by atoms with E-state index >= 15 is 0 Å². The van der Waals surface area contributed by atoms with E-state index in [1.54, 1.807) is 16.4 Å². The highest BCUT2D eigenvalue weighted by atomic mass is 32.2. The van der Waals surface area contributed by atoms with E-state index in [9.17, 15) is 8.42 Å². The van der Waals surface area contributed by atoms with E-state index in [2.05, 4.69) is 19.2 Å². The summed E-state index contributed by atoms with van der Waals surface area (Å²) in [5, 5.41) is 3.20. The molecule has 0 aliphatic rings. The number of nitrogens with one attached hydrogen (secondary N) is 1.